The lowest BCUT2D eigenvalue weighted by Crippen LogP contribution is -2.02. The van der Waals surface area contributed by atoms with Crippen LogP contribution in [0.15, 0.2) is 35.7 Å². The van der Waals surface area contributed by atoms with Crippen molar-refractivity contribution in [2.45, 2.75) is 13.3 Å². The molecule has 0 aliphatic carbocycles. The molecule has 1 heterocycles. The van der Waals surface area contributed by atoms with Crippen molar-refractivity contribution in [1.29, 1.82) is 0 Å². The molecule has 0 atom stereocenters. The highest BCUT2D eigenvalue weighted by molar-refractivity contribution is 7.12. The third-order valence-corrected chi connectivity index (χ3v) is 3.43. The molecule has 0 fully saturated rings. The Morgan fingerprint density at radius 1 is 1.38 bits per heavy atom. The second-order valence-corrected chi connectivity index (χ2v) is 4.58. The molecule has 1 aromatic heterocycles. The van der Waals surface area contributed by atoms with E-state index in [2.05, 4.69) is 0 Å². The minimum atomic E-state index is -0.298. The van der Waals surface area contributed by atoms with Gasteiger partial charge in [0.15, 0.2) is 5.78 Å². The summed E-state index contributed by atoms with van der Waals surface area (Å²) in [6, 6.07) is 8.10. The van der Waals surface area contributed by atoms with Crippen LogP contribution in [0.4, 0.5) is 4.39 Å². The summed E-state index contributed by atoms with van der Waals surface area (Å²) in [6.07, 6.45) is 0.263. The second kappa shape index (κ2) is 4.58. The number of halogens is 1. The van der Waals surface area contributed by atoms with E-state index in [-0.39, 0.29) is 18.0 Å². The summed E-state index contributed by atoms with van der Waals surface area (Å²) in [5, 5.41) is 1.90. The summed E-state index contributed by atoms with van der Waals surface area (Å²) in [7, 11) is 0. The van der Waals surface area contributed by atoms with Gasteiger partial charge in [-0.3, -0.25) is 4.79 Å². The van der Waals surface area contributed by atoms with Gasteiger partial charge in [-0.05, 0) is 41.6 Å². The summed E-state index contributed by atoms with van der Waals surface area (Å²) in [5.41, 5.74) is 1.71. The van der Waals surface area contributed by atoms with Gasteiger partial charge in [0.2, 0.25) is 0 Å². The number of hydrogen-bond donors (Lipinski definition) is 0. The van der Waals surface area contributed by atoms with E-state index in [1.54, 1.807) is 12.1 Å². The maximum Gasteiger partial charge on any atom is 0.177 e. The van der Waals surface area contributed by atoms with Crippen LogP contribution in [0.3, 0.4) is 0 Å². The Kier molecular flexibility index (Phi) is 3.15. The molecule has 0 amide bonds. The minimum absolute atomic E-state index is 0.0538. The fraction of sp³-hybridized carbons (Fsp3) is 0.154. The highest BCUT2D eigenvalue weighted by Gasteiger charge is 2.11. The van der Waals surface area contributed by atoms with Gasteiger partial charge >= 0.3 is 0 Å². The van der Waals surface area contributed by atoms with Crippen LogP contribution in [0.2, 0.25) is 0 Å². The third kappa shape index (κ3) is 2.36. The van der Waals surface area contributed by atoms with Gasteiger partial charge in [-0.2, -0.15) is 0 Å². The number of benzene rings is 1. The third-order valence-electron chi connectivity index (χ3n) is 2.37. The topological polar surface area (TPSA) is 17.1 Å². The number of ketones is 1. The molecule has 0 spiro atoms. The Morgan fingerprint density at radius 3 is 2.81 bits per heavy atom. The van der Waals surface area contributed by atoms with E-state index in [1.807, 2.05) is 18.4 Å². The maximum atomic E-state index is 12.9. The summed E-state index contributed by atoms with van der Waals surface area (Å²) in [5.74, 6) is -0.244. The monoisotopic (exact) mass is 234 g/mol. The number of aryl methyl sites for hydroxylation is 1. The molecule has 0 saturated carbocycles. The van der Waals surface area contributed by atoms with Crippen LogP contribution in [0.25, 0.3) is 0 Å². The highest BCUT2D eigenvalue weighted by atomic mass is 32.1. The zero-order valence-corrected chi connectivity index (χ0v) is 9.68. The maximum absolute atomic E-state index is 12.9. The van der Waals surface area contributed by atoms with Gasteiger partial charge in [0.1, 0.15) is 5.82 Å². The molecule has 0 radical (unpaired) electrons. The molecule has 0 bridgehead atoms. The molecular weight excluding hydrogens is 223 g/mol. The van der Waals surface area contributed by atoms with Gasteiger partial charge in [-0.1, -0.05) is 12.1 Å². The summed E-state index contributed by atoms with van der Waals surface area (Å²) in [6.45, 7) is 1.91. The predicted octanol–water partition coefficient (Wildman–Crippen LogP) is 3.62. The van der Waals surface area contributed by atoms with E-state index in [0.29, 0.717) is 0 Å². The number of rotatable bonds is 3. The van der Waals surface area contributed by atoms with Crippen molar-refractivity contribution in [3.05, 3.63) is 57.5 Å². The molecule has 1 aromatic carbocycles. The Bertz CT molecular complexity index is 516. The minimum Gasteiger partial charge on any atom is -0.293 e. The first-order valence-electron chi connectivity index (χ1n) is 4.98. The second-order valence-electron chi connectivity index (χ2n) is 3.66. The van der Waals surface area contributed by atoms with Gasteiger partial charge in [-0.15, -0.1) is 11.3 Å². The quantitative estimate of drug-likeness (QED) is 0.741. The molecule has 0 saturated heterocycles. The number of carbonyl (C=O) groups excluding carboxylic acids is 1. The lowest BCUT2D eigenvalue weighted by atomic mass is 10.1. The van der Waals surface area contributed by atoms with Gasteiger partial charge in [0, 0.05) is 6.42 Å². The zero-order valence-electron chi connectivity index (χ0n) is 8.87. The van der Waals surface area contributed by atoms with Crippen molar-refractivity contribution in [3.8, 4) is 0 Å². The van der Waals surface area contributed by atoms with E-state index in [4.69, 9.17) is 0 Å². The number of carbonyl (C=O) groups is 1. The molecule has 0 unspecified atom stereocenters. The Balaban J connectivity index is 2.17. The largest absolute Gasteiger partial charge is 0.293 e. The van der Waals surface area contributed by atoms with E-state index >= 15 is 0 Å². The molecule has 2 rings (SSSR count). The van der Waals surface area contributed by atoms with Crippen molar-refractivity contribution < 1.29 is 9.18 Å². The smallest absolute Gasteiger partial charge is 0.177 e. The average molecular weight is 234 g/mol. The van der Waals surface area contributed by atoms with Crippen molar-refractivity contribution in [1.82, 2.24) is 0 Å². The van der Waals surface area contributed by atoms with Gasteiger partial charge in [-0.25, -0.2) is 4.39 Å². The van der Waals surface area contributed by atoms with Gasteiger partial charge in [0.05, 0.1) is 4.88 Å². The molecule has 2 aromatic rings. The predicted molar refractivity (Wildman–Crippen MR) is 63.5 cm³/mol. The lowest BCUT2D eigenvalue weighted by Gasteiger charge is -2.00. The van der Waals surface area contributed by atoms with Crippen LogP contribution in [0.1, 0.15) is 20.8 Å². The van der Waals surface area contributed by atoms with Crippen LogP contribution in [-0.4, -0.2) is 5.78 Å². The van der Waals surface area contributed by atoms with Crippen molar-refractivity contribution in [2.24, 2.45) is 0 Å². The number of thiophene rings is 1. The first-order chi connectivity index (χ1) is 7.66. The molecule has 0 aliphatic rings. The normalized spacial score (nSPS) is 10.4. The molecule has 3 heteroatoms. The average Bonchev–Trinajstić information content (AvgIpc) is 2.64. The summed E-state index contributed by atoms with van der Waals surface area (Å²) in [4.78, 5) is 12.7. The summed E-state index contributed by atoms with van der Waals surface area (Å²) < 4.78 is 12.9. The van der Waals surface area contributed by atoms with Crippen molar-refractivity contribution >= 4 is 17.1 Å². The first kappa shape index (κ1) is 11.0. The van der Waals surface area contributed by atoms with Crippen LogP contribution in [0, 0.1) is 12.7 Å². The Hall–Kier alpha value is -1.48. The Labute approximate surface area is 97.6 Å². The standard InChI is InChI=1S/C13H11FOS/c1-9-5-6-16-13(9)12(15)8-10-3-2-4-11(14)7-10/h2-7H,8H2,1H3. The fourth-order valence-electron chi connectivity index (χ4n) is 1.57. The van der Waals surface area contributed by atoms with E-state index in [1.165, 1.54) is 23.5 Å². The van der Waals surface area contributed by atoms with Crippen molar-refractivity contribution in [2.75, 3.05) is 0 Å². The van der Waals surface area contributed by atoms with Gasteiger partial charge in [0.25, 0.3) is 0 Å². The van der Waals surface area contributed by atoms with Crippen LogP contribution in [-0.2, 0) is 6.42 Å². The SMILES string of the molecule is Cc1ccsc1C(=O)Cc1cccc(F)c1. The molecular formula is C13H11FOS. The highest BCUT2D eigenvalue weighted by Crippen LogP contribution is 2.18. The molecule has 0 aliphatic heterocycles. The summed E-state index contributed by atoms with van der Waals surface area (Å²) >= 11 is 1.44. The van der Waals surface area contributed by atoms with Crippen LogP contribution in [0.5, 0.6) is 0 Å². The molecule has 16 heavy (non-hydrogen) atoms. The lowest BCUT2D eigenvalue weighted by molar-refractivity contribution is 0.0996. The Morgan fingerprint density at radius 2 is 2.19 bits per heavy atom. The molecule has 0 N–H and O–H groups in total. The van der Waals surface area contributed by atoms with E-state index in [9.17, 15) is 9.18 Å². The zero-order chi connectivity index (χ0) is 11.5. The van der Waals surface area contributed by atoms with E-state index in [0.717, 1.165) is 16.0 Å². The molecule has 82 valence electrons. The van der Waals surface area contributed by atoms with Gasteiger partial charge < -0.3 is 0 Å². The fourth-order valence-corrected chi connectivity index (χ4v) is 2.44. The first-order valence-corrected chi connectivity index (χ1v) is 5.86. The van der Waals surface area contributed by atoms with Crippen LogP contribution < -0.4 is 0 Å². The van der Waals surface area contributed by atoms with Crippen molar-refractivity contribution in [3.63, 3.8) is 0 Å². The number of hydrogen-bond acceptors (Lipinski definition) is 2. The molecule has 1 nitrogen and oxygen atoms in total. The van der Waals surface area contributed by atoms with E-state index < -0.39 is 0 Å². The number of Topliss-reactive ketones (excluding diaryl/α,β-unsaturated/α-hetero) is 1. The van der Waals surface area contributed by atoms with Crippen LogP contribution >= 0.6 is 11.3 Å².